The minimum Gasteiger partial charge on any atom is -0.507 e. The molecule has 24 heavy (non-hydrogen) atoms. The summed E-state index contributed by atoms with van der Waals surface area (Å²) in [4.78, 5) is 26.8. The molecule has 0 aliphatic carbocycles. The maximum atomic E-state index is 13.6. The second-order valence-corrected chi connectivity index (χ2v) is 5.39. The van der Waals surface area contributed by atoms with Crippen molar-refractivity contribution in [2.45, 2.75) is 0 Å². The lowest BCUT2D eigenvalue weighted by Crippen LogP contribution is -2.41. The van der Waals surface area contributed by atoms with Gasteiger partial charge in [0.05, 0.1) is 5.56 Å². The zero-order valence-electron chi connectivity index (χ0n) is 12.1. The van der Waals surface area contributed by atoms with Gasteiger partial charge in [-0.1, -0.05) is 17.7 Å². The van der Waals surface area contributed by atoms with E-state index in [1.807, 2.05) is 0 Å². The summed E-state index contributed by atoms with van der Waals surface area (Å²) < 4.78 is 13.6. The SMILES string of the molecule is O=C(NNC(=O)c1cc(Cl)ccc1O)c1cc2c(F)cccc2[nH]1. The highest BCUT2D eigenvalue weighted by atomic mass is 35.5. The summed E-state index contributed by atoms with van der Waals surface area (Å²) in [6, 6.07) is 9.70. The lowest BCUT2D eigenvalue weighted by atomic mass is 10.2. The number of hydrogen-bond donors (Lipinski definition) is 4. The molecule has 0 aliphatic heterocycles. The van der Waals surface area contributed by atoms with Crippen LogP contribution >= 0.6 is 11.6 Å². The first kappa shape index (κ1) is 15.8. The summed E-state index contributed by atoms with van der Waals surface area (Å²) >= 11 is 5.76. The molecule has 4 N–H and O–H groups in total. The normalized spacial score (nSPS) is 10.6. The van der Waals surface area contributed by atoms with Crippen LogP contribution in [0.5, 0.6) is 5.75 Å². The number of H-pyrrole nitrogens is 1. The summed E-state index contributed by atoms with van der Waals surface area (Å²) in [6.07, 6.45) is 0. The van der Waals surface area contributed by atoms with Crippen molar-refractivity contribution in [2.75, 3.05) is 0 Å². The minimum atomic E-state index is -0.745. The first-order valence-electron chi connectivity index (χ1n) is 6.82. The van der Waals surface area contributed by atoms with E-state index in [-0.39, 0.29) is 27.4 Å². The molecule has 1 aromatic heterocycles. The second kappa shape index (κ2) is 6.21. The Balaban J connectivity index is 1.73. The largest absolute Gasteiger partial charge is 0.507 e. The van der Waals surface area contributed by atoms with Crippen molar-refractivity contribution in [3.05, 3.63) is 64.6 Å². The predicted octanol–water partition coefficient (Wildman–Crippen LogP) is 2.74. The van der Waals surface area contributed by atoms with Gasteiger partial charge in [0, 0.05) is 15.9 Å². The lowest BCUT2D eigenvalue weighted by Gasteiger charge is -2.08. The molecular formula is C16H11ClFN3O3. The average Bonchev–Trinajstić information content (AvgIpc) is 3.00. The third kappa shape index (κ3) is 3.02. The molecule has 0 fully saturated rings. The summed E-state index contributed by atoms with van der Waals surface area (Å²) in [6.45, 7) is 0. The van der Waals surface area contributed by atoms with E-state index in [4.69, 9.17) is 11.6 Å². The Morgan fingerprint density at radius 2 is 1.83 bits per heavy atom. The van der Waals surface area contributed by atoms with Crippen molar-refractivity contribution in [3.8, 4) is 5.75 Å². The number of carbonyl (C=O) groups excluding carboxylic acids is 2. The van der Waals surface area contributed by atoms with Gasteiger partial charge in [-0.3, -0.25) is 20.4 Å². The number of aromatic amines is 1. The number of aromatic hydroxyl groups is 1. The van der Waals surface area contributed by atoms with Gasteiger partial charge in [0.25, 0.3) is 11.8 Å². The van der Waals surface area contributed by atoms with Crippen LogP contribution in [0.4, 0.5) is 4.39 Å². The number of rotatable bonds is 2. The number of halogens is 2. The Labute approximate surface area is 140 Å². The number of phenols is 1. The molecule has 0 radical (unpaired) electrons. The fourth-order valence-corrected chi connectivity index (χ4v) is 2.35. The van der Waals surface area contributed by atoms with Crippen LogP contribution in [0.25, 0.3) is 10.9 Å². The topological polar surface area (TPSA) is 94.2 Å². The van der Waals surface area contributed by atoms with Crippen LogP contribution in [-0.2, 0) is 0 Å². The monoisotopic (exact) mass is 347 g/mol. The molecule has 3 rings (SSSR count). The van der Waals surface area contributed by atoms with Gasteiger partial charge in [0.15, 0.2) is 0 Å². The van der Waals surface area contributed by atoms with Crippen LogP contribution in [0.15, 0.2) is 42.5 Å². The Morgan fingerprint density at radius 3 is 2.58 bits per heavy atom. The Bertz CT molecular complexity index is 955. The first-order chi connectivity index (χ1) is 11.5. The van der Waals surface area contributed by atoms with Crippen LogP contribution in [0.1, 0.15) is 20.8 Å². The van der Waals surface area contributed by atoms with Crippen LogP contribution in [-0.4, -0.2) is 21.9 Å². The molecule has 0 spiro atoms. The summed E-state index contributed by atoms with van der Waals surface area (Å²) in [5, 5.41) is 10.2. The maximum absolute atomic E-state index is 13.6. The number of phenolic OH excluding ortho intramolecular Hbond substituents is 1. The van der Waals surface area contributed by atoms with Gasteiger partial charge in [0.1, 0.15) is 17.3 Å². The maximum Gasteiger partial charge on any atom is 0.286 e. The van der Waals surface area contributed by atoms with Gasteiger partial charge in [-0.15, -0.1) is 0 Å². The molecule has 0 saturated heterocycles. The number of benzene rings is 2. The van der Waals surface area contributed by atoms with Gasteiger partial charge in [-0.2, -0.15) is 0 Å². The van der Waals surface area contributed by atoms with Gasteiger partial charge in [-0.25, -0.2) is 4.39 Å². The van der Waals surface area contributed by atoms with Crippen LogP contribution < -0.4 is 10.9 Å². The predicted molar refractivity (Wildman–Crippen MR) is 86.3 cm³/mol. The molecule has 2 aromatic carbocycles. The highest BCUT2D eigenvalue weighted by Gasteiger charge is 2.15. The standard InChI is InChI=1S/C16H11ClFN3O3/c17-8-4-5-14(22)10(6-8)15(23)20-21-16(24)13-7-9-11(18)2-1-3-12(9)19-13/h1-7,19,22H,(H,20,23)(H,21,24). The van der Waals surface area contributed by atoms with Crippen molar-refractivity contribution in [1.82, 2.24) is 15.8 Å². The van der Waals surface area contributed by atoms with Crippen molar-refractivity contribution >= 4 is 34.3 Å². The quantitative estimate of drug-likeness (QED) is 0.537. The number of hydrazine groups is 1. The van der Waals surface area contributed by atoms with Crippen molar-refractivity contribution in [2.24, 2.45) is 0 Å². The van der Waals surface area contributed by atoms with E-state index in [9.17, 15) is 19.1 Å². The van der Waals surface area contributed by atoms with E-state index in [2.05, 4.69) is 15.8 Å². The molecule has 6 nitrogen and oxygen atoms in total. The minimum absolute atomic E-state index is 0.0747. The summed E-state index contributed by atoms with van der Waals surface area (Å²) in [5.74, 6) is -2.15. The number of amides is 2. The fraction of sp³-hybridized carbons (Fsp3) is 0. The van der Waals surface area contributed by atoms with Crippen LogP contribution in [0.3, 0.4) is 0 Å². The molecule has 122 valence electrons. The molecule has 3 aromatic rings. The fourth-order valence-electron chi connectivity index (χ4n) is 2.18. The third-order valence-electron chi connectivity index (χ3n) is 3.35. The number of aromatic nitrogens is 1. The smallest absolute Gasteiger partial charge is 0.286 e. The average molecular weight is 348 g/mol. The molecule has 0 atom stereocenters. The Morgan fingerprint density at radius 1 is 1.08 bits per heavy atom. The molecule has 0 saturated carbocycles. The van der Waals surface area contributed by atoms with E-state index in [0.717, 1.165) is 0 Å². The molecule has 8 heteroatoms. The van der Waals surface area contributed by atoms with E-state index in [0.29, 0.717) is 5.52 Å². The Hall–Kier alpha value is -3.06. The van der Waals surface area contributed by atoms with Crippen LogP contribution in [0.2, 0.25) is 5.02 Å². The lowest BCUT2D eigenvalue weighted by molar-refractivity contribution is 0.0843. The summed E-state index contributed by atoms with van der Waals surface area (Å²) in [7, 11) is 0. The van der Waals surface area contributed by atoms with E-state index < -0.39 is 17.6 Å². The Kier molecular flexibility index (Phi) is 4.09. The molecule has 0 aliphatic rings. The van der Waals surface area contributed by atoms with Gasteiger partial charge in [0.2, 0.25) is 0 Å². The van der Waals surface area contributed by atoms with Crippen molar-refractivity contribution in [1.29, 1.82) is 0 Å². The number of hydrogen-bond acceptors (Lipinski definition) is 3. The highest BCUT2D eigenvalue weighted by molar-refractivity contribution is 6.31. The highest BCUT2D eigenvalue weighted by Crippen LogP contribution is 2.21. The van der Waals surface area contributed by atoms with Gasteiger partial charge >= 0.3 is 0 Å². The van der Waals surface area contributed by atoms with Gasteiger partial charge in [-0.05, 0) is 36.4 Å². The zero-order chi connectivity index (χ0) is 17.3. The third-order valence-corrected chi connectivity index (χ3v) is 3.58. The second-order valence-electron chi connectivity index (χ2n) is 4.95. The molecular weight excluding hydrogens is 337 g/mol. The molecule has 1 heterocycles. The number of carbonyl (C=O) groups is 2. The molecule has 0 bridgehead atoms. The van der Waals surface area contributed by atoms with E-state index >= 15 is 0 Å². The summed E-state index contributed by atoms with van der Waals surface area (Å²) in [5.41, 5.74) is 4.77. The molecule has 0 unspecified atom stereocenters. The molecule has 2 amide bonds. The van der Waals surface area contributed by atoms with E-state index in [1.165, 1.54) is 36.4 Å². The van der Waals surface area contributed by atoms with Crippen molar-refractivity contribution in [3.63, 3.8) is 0 Å². The first-order valence-corrected chi connectivity index (χ1v) is 7.20. The number of nitrogens with one attached hydrogen (secondary N) is 3. The number of fused-ring (bicyclic) bond motifs is 1. The van der Waals surface area contributed by atoms with E-state index in [1.54, 1.807) is 6.07 Å². The van der Waals surface area contributed by atoms with Gasteiger partial charge < -0.3 is 10.1 Å². The zero-order valence-corrected chi connectivity index (χ0v) is 12.8. The van der Waals surface area contributed by atoms with Crippen LogP contribution in [0, 0.1) is 5.82 Å². The van der Waals surface area contributed by atoms with Crippen molar-refractivity contribution < 1.29 is 19.1 Å².